The first kappa shape index (κ1) is 15.0. The van der Waals surface area contributed by atoms with E-state index in [9.17, 15) is 10.2 Å². The lowest BCUT2D eigenvalue weighted by Gasteiger charge is -2.25. The smallest absolute Gasteiger partial charge is 0.134 e. The number of nitrogens with zero attached hydrogens (tertiary/aromatic N) is 5. The van der Waals surface area contributed by atoms with Gasteiger partial charge in [0.2, 0.25) is 0 Å². The van der Waals surface area contributed by atoms with E-state index in [4.69, 9.17) is 4.98 Å². The first-order valence-corrected chi connectivity index (χ1v) is 7.98. The van der Waals surface area contributed by atoms with Crippen LogP contribution in [0.2, 0.25) is 0 Å². The average Bonchev–Trinajstić information content (AvgIpc) is 3.23. The first-order chi connectivity index (χ1) is 11.7. The predicted molar refractivity (Wildman–Crippen MR) is 89.5 cm³/mol. The minimum Gasteiger partial charge on any atom is -0.392 e. The molecule has 3 aromatic rings. The van der Waals surface area contributed by atoms with Gasteiger partial charge < -0.3 is 15.1 Å². The number of anilines is 1. The Hall–Kier alpha value is -2.51. The summed E-state index contributed by atoms with van der Waals surface area (Å²) in [5.74, 6) is 0.741. The van der Waals surface area contributed by atoms with Gasteiger partial charge in [0.1, 0.15) is 11.4 Å². The normalized spacial score (nSPS) is 20.8. The van der Waals surface area contributed by atoms with Gasteiger partial charge >= 0.3 is 0 Å². The van der Waals surface area contributed by atoms with Gasteiger partial charge in [-0.15, -0.1) is 5.10 Å². The molecule has 1 saturated heterocycles. The minimum atomic E-state index is -0.881. The second kappa shape index (κ2) is 5.85. The van der Waals surface area contributed by atoms with Crippen LogP contribution in [0, 0.1) is 0 Å². The Morgan fingerprint density at radius 3 is 2.92 bits per heavy atom. The molecule has 1 fully saturated rings. The minimum absolute atomic E-state index is 0.0782. The summed E-state index contributed by atoms with van der Waals surface area (Å²) in [6, 6.07) is 9.81. The number of aliphatic hydroxyl groups excluding tert-OH is 1. The number of fused-ring (bicyclic) bond motifs is 1. The largest absolute Gasteiger partial charge is 0.392 e. The number of para-hydroxylation sites is 1. The van der Waals surface area contributed by atoms with Crippen molar-refractivity contribution >= 4 is 16.7 Å². The first-order valence-electron chi connectivity index (χ1n) is 7.98. The summed E-state index contributed by atoms with van der Waals surface area (Å²) in [6.45, 7) is 1.45. The molecule has 4 rings (SSSR count). The quantitative estimate of drug-likeness (QED) is 0.743. The maximum atomic E-state index is 10.9. The van der Waals surface area contributed by atoms with Crippen LogP contribution in [-0.4, -0.2) is 48.9 Å². The number of aromatic nitrogens is 4. The maximum absolute atomic E-state index is 10.9. The third kappa shape index (κ3) is 2.72. The maximum Gasteiger partial charge on any atom is 0.134 e. The van der Waals surface area contributed by atoms with Crippen LogP contribution < -0.4 is 4.90 Å². The zero-order valence-corrected chi connectivity index (χ0v) is 13.2. The van der Waals surface area contributed by atoms with E-state index >= 15 is 0 Å². The highest BCUT2D eigenvalue weighted by atomic mass is 16.3. The van der Waals surface area contributed by atoms with Crippen LogP contribution in [0.1, 0.15) is 12.0 Å². The highest BCUT2D eigenvalue weighted by Gasteiger charge is 2.38. The van der Waals surface area contributed by atoms with Gasteiger partial charge in [0.15, 0.2) is 0 Å². The Labute approximate surface area is 139 Å². The summed E-state index contributed by atoms with van der Waals surface area (Å²) in [6.07, 6.45) is 3.96. The molecule has 0 bridgehead atoms. The van der Waals surface area contributed by atoms with E-state index in [2.05, 4.69) is 10.3 Å². The van der Waals surface area contributed by atoms with E-state index in [1.54, 1.807) is 17.1 Å². The Morgan fingerprint density at radius 2 is 2.12 bits per heavy atom. The van der Waals surface area contributed by atoms with Crippen LogP contribution in [0.3, 0.4) is 0 Å². The number of rotatable bonds is 4. The number of hydrogen-bond donors (Lipinski definition) is 2. The molecule has 0 amide bonds. The molecule has 1 aliphatic heterocycles. The van der Waals surface area contributed by atoms with Gasteiger partial charge in [0, 0.05) is 23.7 Å². The fourth-order valence-electron chi connectivity index (χ4n) is 3.32. The third-order valence-electron chi connectivity index (χ3n) is 4.51. The molecule has 1 atom stereocenters. The molecule has 2 aromatic heterocycles. The van der Waals surface area contributed by atoms with Crippen LogP contribution in [-0.2, 0) is 13.2 Å². The molecule has 0 saturated carbocycles. The van der Waals surface area contributed by atoms with Crippen molar-refractivity contribution < 1.29 is 10.2 Å². The van der Waals surface area contributed by atoms with Gasteiger partial charge in [0.05, 0.1) is 31.4 Å². The summed E-state index contributed by atoms with van der Waals surface area (Å²) in [5.41, 5.74) is 0.781. The van der Waals surface area contributed by atoms with Crippen molar-refractivity contribution in [3.8, 4) is 0 Å². The highest BCUT2D eigenvalue weighted by Crippen LogP contribution is 2.31. The zero-order valence-electron chi connectivity index (χ0n) is 13.2. The van der Waals surface area contributed by atoms with Crippen LogP contribution >= 0.6 is 0 Å². The molecule has 0 spiro atoms. The summed E-state index contributed by atoms with van der Waals surface area (Å²) in [5, 5.41) is 29.3. The summed E-state index contributed by atoms with van der Waals surface area (Å²) < 4.78 is 1.64. The number of aliphatic hydroxyl groups is 2. The lowest BCUT2D eigenvalue weighted by molar-refractivity contribution is 0.0408. The zero-order chi connectivity index (χ0) is 16.6. The molecule has 2 N–H and O–H groups in total. The molecule has 1 aromatic carbocycles. The molecular weight excluding hydrogens is 306 g/mol. The van der Waals surface area contributed by atoms with E-state index < -0.39 is 5.60 Å². The fraction of sp³-hybridized carbons (Fsp3) is 0.353. The van der Waals surface area contributed by atoms with E-state index in [-0.39, 0.29) is 6.61 Å². The second-order valence-electron chi connectivity index (χ2n) is 6.32. The molecule has 0 radical (unpaired) electrons. The van der Waals surface area contributed by atoms with E-state index in [1.807, 2.05) is 35.2 Å². The molecule has 24 heavy (non-hydrogen) atoms. The predicted octanol–water partition coefficient (Wildman–Crippen LogP) is 0.960. The standard InChI is InChI=1S/C17H19N5O2/c23-10-14-9-13-3-1-2-4-15(13)19-16(14)21-7-5-17(24,11-21)12-22-8-6-18-20-22/h1-4,6,8-9,23-24H,5,7,10-12H2. The lowest BCUT2D eigenvalue weighted by Crippen LogP contribution is -2.38. The molecule has 7 heteroatoms. The summed E-state index contributed by atoms with van der Waals surface area (Å²) >= 11 is 0. The summed E-state index contributed by atoms with van der Waals surface area (Å²) in [4.78, 5) is 6.75. The highest BCUT2D eigenvalue weighted by molar-refractivity contribution is 5.81. The molecule has 7 nitrogen and oxygen atoms in total. The van der Waals surface area contributed by atoms with Gasteiger partial charge in [-0.05, 0) is 18.6 Å². The molecule has 3 heterocycles. The van der Waals surface area contributed by atoms with Crippen molar-refractivity contribution in [1.82, 2.24) is 20.0 Å². The second-order valence-corrected chi connectivity index (χ2v) is 6.32. The Bertz CT molecular complexity index is 851. The Balaban J connectivity index is 1.63. The lowest BCUT2D eigenvalue weighted by atomic mass is 10.0. The topological polar surface area (TPSA) is 87.3 Å². The van der Waals surface area contributed by atoms with Crippen molar-refractivity contribution in [1.29, 1.82) is 0 Å². The molecule has 1 unspecified atom stereocenters. The average molecular weight is 325 g/mol. The van der Waals surface area contributed by atoms with E-state index in [1.165, 1.54) is 0 Å². The van der Waals surface area contributed by atoms with Crippen LogP contribution in [0.5, 0.6) is 0 Å². The third-order valence-corrected chi connectivity index (χ3v) is 4.51. The van der Waals surface area contributed by atoms with Crippen molar-refractivity contribution in [2.75, 3.05) is 18.0 Å². The van der Waals surface area contributed by atoms with E-state index in [0.29, 0.717) is 26.1 Å². The van der Waals surface area contributed by atoms with Gasteiger partial charge in [-0.2, -0.15) is 0 Å². The number of β-amino-alcohol motifs (C(OH)–C–C–N with tert-alkyl or cyclic N) is 1. The molecule has 1 aliphatic rings. The number of hydrogen-bond acceptors (Lipinski definition) is 6. The SMILES string of the molecule is OCc1cc2ccccc2nc1N1CCC(O)(Cn2ccnn2)C1. The van der Waals surface area contributed by atoms with Crippen LogP contribution in [0.4, 0.5) is 5.82 Å². The van der Waals surface area contributed by atoms with Crippen molar-refractivity contribution in [3.63, 3.8) is 0 Å². The van der Waals surface area contributed by atoms with Crippen molar-refractivity contribution in [2.24, 2.45) is 0 Å². The Morgan fingerprint density at radius 1 is 1.25 bits per heavy atom. The van der Waals surface area contributed by atoms with Gasteiger partial charge in [-0.3, -0.25) is 0 Å². The Kier molecular flexibility index (Phi) is 3.66. The van der Waals surface area contributed by atoms with Crippen LogP contribution in [0.25, 0.3) is 10.9 Å². The summed E-state index contributed by atoms with van der Waals surface area (Å²) in [7, 11) is 0. The fourth-order valence-corrected chi connectivity index (χ4v) is 3.32. The van der Waals surface area contributed by atoms with Crippen molar-refractivity contribution in [2.45, 2.75) is 25.2 Å². The van der Waals surface area contributed by atoms with Gasteiger partial charge in [-0.25, -0.2) is 9.67 Å². The van der Waals surface area contributed by atoms with Gasteiger partial charge in [-0.1, -0.05) is 23.4 Å². The molecule has 0 aliphatic carbocycles. The van der Waals surface area contributed by atoms with Crippen molar-refractivity contribution in [3.05, 3.63) is 48.3 Å². The van der Waals surface area contributed by atoms with E-state index in [0.717, 1.165) is 22.3 Å². The molecule has 124 valence electrons. The number of benzene rings is 1. The van der Waals surface area contributed by atoms with Crippen LogP contribution in [0.15, 0.2) is 42.7 Å². The van der Waals surface area contributed by atoms with Gasteiger partial charge in [0.25, 0.3) is 0 Å². The molecular formula is C17H19N5O2. The number of pyridine rings is 1. The monoisotopic (exact) mass is 325 g/mol.